The van der Waals surface area contributed by atoms with Gasteiger partial charge in [-0.1, -0.05) is 0 Å². The van der Waals surface area contributed by atoms with Crippen LogP contribution in [-0.2, 0) is 17.8 Å². The van der Waals surface area contributed by atoms with Crippen molar-refractivity contribution in [1.29, 1.82) is 5.26 Å². The average molecular weight is 467 g/mol. The molecule has 0 N–H and O–H groups in total. The van der Waals surface area contributed by atoms with Crippen molar-refractivity contribution < 1.29 is 13.5 Å². The largest absolute Gasteiger partial charge is 0.376 e. The SMILES string of the molecule is Cc1cc(C)n(-c2ccc(=O)n(C3CCN(c4nc5c(cc4C#N)COCC5)CC3(F)F)n2)n1. The van der Waals surface area contributed by atoms with Crippen LogP contribution in [0.15, 0.2) is 29.1 Å². The maximum Gasteiger partial charge on any atom is 0.287 e. The summed E-state index contributed by atoms with van der Waals surface area (Å²) in [5.41, 5.74) is 2.75. The zero-order chi connectivity index (χ0) is 24.0. The Balaban J connectivity index is 1.46. The number of nitrogens with zero attached hydrogens (tertiary/aromatic N) is 7. The van der Waals surface area contributed by atoms with Crippen molar-refractivity contribution in [3.63, 3.8) is 0 Å². The van der Waals surface area contributed by atoms with Crippen molar-refractivity contribution in [2.45, 2.75) is 45.3 Å². The van der Waals surface area contributed by atoms with E-state index in [0.717, 1.165) is 27.3 Å². The van der Waals surface area contributed by atoms with Gasteiger partial charge >= 0.3 is 0 Å². The second kappa shape index (κ2) is 8.29. The molecule has 1 fully saturated rings. The van der Waals surface area contributed by atoms with Gasteiger partial charge in [0.1, 0.15) is 17.9 Å². The number of hydrogen-bond donors (Lipinski definition) is 0. The van der Waals surface area contributed by atoms with Gasteiger partial charge in [0.25, 0.3) is 11.5 Å². The Morgan fingerprint density at radius 3 is 2.76 bits per heavy atom. The standard InChI is InChI=1S/C23H23F2N7O2/c1-14-9-15(2)31(28-14)20-3-4-21(33)32(29-20)19-5-7-30(13-23(19,24)25)22-16(11-26)10-17-12-34-8-6-18(17)27-22/h3-4,9-10,19H,5-8,12-13H2,1-2H3. The molecule has 0 aliphatic carbocycles. The fourth-order valence-electron chi connectivity index (χ4n) is 4.62. The van der Waals surface area contributed by atoms with Crippen LogP contribution in [0.2, 0.25) is 0 Å². The first kappa shape index (κ1) is 22.2. The lowest BCUT2D eigenvalue weighted by atomic mass is 9.99. The third kappa shape index (κ3) is 3.84. The third-order valence-corrected chi connectivity index (χ3v) is 6.23. The Morgan fingerprint density at radius 2 is 2.06 bits per heavy atom. The van der Waals surface area contributed by atoms with E-state index in [1.54, 1.807) is 6.07 Å². The maximum absolute atomic E-state index is 15.5. The van der Waals surface area contributed by atoms with E-state index in [2.05, 4.69) is 21.3 Å². The molecule has 0 bridgehead atoms. The highest BCUT2D eigenvalue weighted by atomic mass is 19.3. The number of anilines is 1. The predicted molar refractivity (Wildman–Crippen MR) is 118 cm³/mol. The first-order valence-electron chi connectivity index (χ1n) is 11.0. The molecule has 34 heavy (non-hydrogen) atoms. The molecule has 1 unspecified atom stereocenters. The van der Waals surface area contributed by atoms with E-state index in [4.69, 9.17) is 4.74 Å². The number of alkyl halides is 2. The van der Waals surface area contributed by atoms with E-state index >= 15 is 8.78 Å². The lowest BCUT2D eigenvalue weighted by Gasteiger charge is -2.39. The van der Waals surface area contributed by atoms with Crippen molar-refractivity contribution >= 4 is 5.82 Å². The number of pyridine rings is 1. The summed E-state index contributed by atoms with van der Waals surface area (Å²) in [6, 6.07) is 6.88. The summed E-state index contributed by atoms with van der Waals surface area (Å²) in [6.45, 7) is 4.04. The van der Waals surface area contributed by atoms with Crippen LogP contribution in [0, 0.1) is 25.2 Å². The van der Waals surface area contributed by atoms with Gasteiger partial charge in [-0.15, -0.1) is 5.10 Å². The molecule has 1 atom stereocenters. The third-order valence-electron chi connectivity index (χ3n) is 6.23. The summed E-state index contributed by atoms with van der Waals surface area (Å²) >= 11 is 0. The molecule has 0 radical (unpaired) electrons. The minimum atomic E-state index is -3.28. The van der Waals surface area contributed by atoms with E-state index in [9.17, 15) is 10.1 Å². The van der Waals surface area contributed by atoms with E-state index < -0.39 is 24.1 Å². The Bertz CT molecular complexity index is 1360. The fraction of sp³-hybridized carbons (Fsp3) is 0.435. The van der Waals surface area contributed by atoms with Crippen molar-refractivity contribution in [2.24, 2.45) is 0 Å². The summed E-state index contributed by atoms with van der Waals surface area (Å²) in [5, 5.41) is 18.2. The van der Waals surface area contributed by atoms with Crippen LogP contribution >= 0.6 is 0 Å². The Hall–Kier alpha value is -3.65. The topological polar surface area (TPSA) is 102 Å². The van der Waals surface area contributed by atoms with Crippen LogP contribution in [0.1, 0.15) is 40.7 Å². The molecule has 0 amide bonds. The van der Waals surface area contributed by atoms with Crippen LogP contribution < -0.4 is 10.5 Å². The first-order chi connectivity index (χ1) is 16.3. The van der Waals surface area contributed by atoms with E-state index in [1.807, 2.05) is 19.9 Å². The van der Waals surface area contributed by atoms with E-state index in [-0.39, 0.29) is 24.3 Å². The summed E-state index contributed by atoms with van der Waals surface area (Å²) in [6.07, 6.45) is 0.534. The summed E-state index contributed by atoms with van der Waals surface area (Å²) in [5.74, 6) is -2.73. The Labute approximate surface area is 194 Å². The number of aromatic nitrogens is 5. The number of hydrogen-bond acceptors (Lipinski definition) is 7. The molecule has 9 nitrogen and oxygen atoms in total. The van der Waals surface area contributed by atoms with Gasteiger partial charge in [0, 0.05) is 30.3 Å². The van der Waals surface area contributed by atoms with Crippen molar-refractivity contribution in [1.82, 2.24) is 24.5 Å². The van der Waals surface area contributed by atoms with Crippen LogP contribution in [-0.4, -0.2) is 50.2 Å². The van der Waals surface area contributed by atoms with Gasteiger partial charge in [-0.2, -0.15) is 10.4 Å². The van der Waals surface area contributed by atoms with Crippen molar-refractivity contribution in [2.75, 3.05) is 24.6 Å². The number of ether oxygens (including phenoxy) is 1. The molecule has 3 aromatic heterocycles. The molecule has 176 valence electrons. The molecule has 0 aromatic carbocycles. The van der Waals surface area contributed by atoms with Gasteiger partial charge in [0.05, 0.1) is 36.7 Å². The Morgan fingerprint density at radius 1 is 1.24 bits per heavy atom. The van der Waals surface area contributed by atoms with Crippen LogP contribution in [0.5, 0.6) is 0 Å². The molecular formula is C23H23F2N7O2. The Kier molecular flexibility index (Phi) is 5.40. The van der Waals surface area contributed by atoms with E-state index in [1.165, 1.54) is 21.7 Å². The number of halogens is 2. The van der Waals surface area contributed by atoms with Gasteiger partial charge in [0.2, 0.25) is 0 Å². The van der Waals surface area contributed by atoms with Gasteiger partial charge in [0.15, 0.2) is 5.82 Å². The van der Waals surface area contributed by atoms with Crippen molar-refractivity contribution in [3.8, 4) is 11.9 Å². The minimum Gasteiger partial charge on any atom is -0.376 e. The quantitative estimate of drug-likeness (QED) is 0.583. The summed E-state index contributed by atoms with van der Waals surface area (Å²) in [4.78, 5) is 18.5. The summed E-state index contributed by atoms with van der Waals surface area (Å²) in [7, 11) is 0. The number of aryl methyl sites for hydroxylation is 2. The highest BCUT2D eigenvalue weighted by molar-refractivity contribution is 5.57. The molecular weight excluding hydrogens is 444 g/mol. The highest BCUT2D eigenvalue weighted by Gasteiger charge is 2.47. The highest BCUT2D eigenvalue weighted by Crippen LogP contribution is 2.38. The monoisotopic (exact) mass is 467 g/mol. The predicted octanol–water partition coefficient (Wildman–Crippen LogP) is 2.47. The van der Waals surface area contributed by atoms with Gasteiger partial charge in [-0.25, -0.2) is 23.1 Å². The number of fused-ring (bicyclic) bond motifs is 1. The fourth-order valence-corrected chi connectivity index (χ4v) is 4.62. The van der Waals surface area contributed by atoms with Crippen LogP contribution in [0.25, 0.3) is 5.82 Å². The second-order valence-electron chi connectivity index (χ2n) is 8.68. The normalized spacial score (nSPS) is 19.5. The van der Waals surface area contributed by atoms with Gasteiger partial charge < -0.3 is 9.64 Å². The second-order valence-corrected chi connectivity index (χ2v) is 8.68. The lowest BCUT2D eigenvalue weighted by molar-refractivity contribution is -0.0631. The molecule has 0 spiro atoms. The summed E-state index contributed by atoms with van der Waals surface area (Å²) < 4.78 is 38.7. The number of nitriles is 1. The average Bonchev–Trinajstić information content (AvgIpc) is 3.16. The molecule has 2 aliphatic rings. The van der Waals surface area contributed by atoms with Crippen molar-refractivity contribution in [3.05, 3.63) is 62.8 Å². The molecule has 0 saturated carbocycles. The zero-order valence-corrected chi connectivity index (χ0v) is 18.8. The molecule has 3 aromatic rings. The van der Waals surface area contributed by atoms with Gasteiger partial charge in [-0.05, 0) is 38.5 Å². The first-order valence-corrected chi connectivity index (χ1v) is 11.0. The lowest BCUT2D eigenvalue weighted by Crippen LogP contribution is -2.52. The number of piperidine rings is 1. The minimum absolute atomic E-state index is 0.0345. The van der Waals surface area contributed by atoms with Crippen LogP contribution in [0.3, 0.4) is 0 Å². The smallest absolute Gasteiger partial charge is 0.287 e. The molecule has 5 heterocycles. The van der Waals surface area contributed by atoms with E-state index in [0.29, 0.717) is 25.5 Å². The molecule has 5 rings (SSSR count). The molecule has 11 heteroatoms. The molecule has 2 aliphatic heterocycles. The zero-order valence-electron chi connectivity index (χ0n) is 18.8. The molecule has 1 saturated heterocycles. The maximum atomic E-state index is 15.5. The number of rotatable bonds is 3. The van der Waals surface area contributed by atoms with Gasteiger partial charge in [-0.3, -0.25) is 4.79 Å². The van der Waals surface area contributed by atoms with Crippen LogP contribution in [0.4, 0.5) is 14.6 Å².